The van der Waals surface area contributed by atoms with E-state index >= 15 is 0 Å². The predicted molar refractivity (Wildman–Crippen MR) is 52.3 cm³/mol. The van der Waals surface area contributed by atoms with Gasteiger partial charge >= 0.3 is 5.97 Å². The van der Waals surface area contributed by atoms with Crippen LogP contribution in [-0.4, -0.2) is 19.1 Å². The molecule has 82 valence electrons. The molecule has 0 atom stereocenters. The molecule has 0 amide bonds. The van der Waals surface area contributed by atoms with Gasteiger partial charge < -0.3 is 10.5 Å². The van der Waals surface area contributed by atoms with Crippen LogP contribution in [0.4, 0.5) is 4.53 Å². The highest BCUT2D eigenvalue weighted by molar-refractivity contribution is 5.90. The molecule has 5 heteroatoms. The Kier molecular flexibility index (Phi) is 4.05. The molecule has 0 fully saturated rings. The maximum Gasteiger partial charge on any atom is 0.379 e. The first kappa shape index (κ1) is 11.5. The van der Waals surface area contributed by atoms with Crippen molar-refractivity contribution >= 4 is 5.97 Å². The maximum atomic E-state index is 11.7. The van der Waals surface area contributed by atoms with E-state index in [-0.39, 0.29) is 5.56 Å². The number of carbonyl (C=O) groups is 1. The van der Waals surface area contributed by atoms with Gasteiger partial charge in [0.25, 0.3) is 0 Å². The van der Waals surface area contributed by atoms with Gasteiger partial charge in [0.15, 0.2) is 0 Å². The summed E-state index contributed by atoms with van der Waals surface area (Å²) in [5.74, 6) is -0.411. The standard InChI is InChI=1S/C10H12FNO3/c1-7-6-8(14-5-4-12)2-3-9(7)10(13)15-11/h2-3,6H,4-5,12H2,1H3. The van der Waals surface area contributed by atoms with E-state index in [1.165, 1.54) is 6.07 Å². The smallest absolute Gasteiger partial charge is 0.379 e. The van der Waals surface area contributed by atoms with Crippen LogP contribution in [0.1, 0.15) is 15.9 Å². The van der Waals surface area contributed by atoms with Gasteiger partial charge in [0.2, 0.25) is 0 Å². The van der Waals surface area contributed by atoms with E-state index in [1.54, 1.807) is 19.1 Å². The lowest BCUT2D eigenvalue weighted by Gasteiger charge is -2.07. The molecule has 0 aliphatic carbocycles. The second-order valence-electron chi connectivity index (χ2n) is 2.98. The van der Waals surface area contributed by atoms with Crippen LogP contribution < -0.4 is 10.5 Å². The van der Waals surface area contributed by atoms with E-state index < -0.39 is 5.97 Å². The molecule has 0 radical (unpaired) electrons. The topological polar surface area (TPSA) is 61.5 Å². The van der Waals surface area contributed by atoms with Crippen molar-refractivity contribution < 1.29 is 19.0 Å². The van der Waals surface area contributed by atoms with Crippen molar-refractivity contribution in [2.75, 3.05) is 13.2 Å². The fourth-order valence-electron chi connectivity index (χ4n) is 1.17. The van der Waals surface area contributed by atoms with Gasteiger partial charge in [-0.25, -0.2) is 9.74 Å². The zero-order chi connectivity index (χ0) is 11.3. The second-order valence-corrected chi connectivity index (χ2v) is 2.98. The summed E-state index contributed by atoms with van der Waals surface area (Å²) in [5.41, 5.74) is 6.03. The lowest BCUT2D eigenvalue weighted by Crippen LogP contribution is -2.11. The molecule has 1 aromatic carbocycles. The number of rotatable bonds is 4. The third kappa shape index (κ3) is 2.92. The van der Waals surface area contributed by atoms with Gasteiger partial charge in [-0.3, -0.25) is 0 Å². The zero-order valence-electron chi connectivity index (χ0n) is 8.33. The lowest BCUT2D eigenvalue weighted by atomic mass is 10.1. The summed E-state index contributed by atoms with van der Waals surface area (Å²) in [7, 11) is 0. The van der Waals surface area contributed by atoms with Gasteiger partial charge in [-0.2, -0.15) is 0 Å². The average molecular weight is 213 g/mol. The van der Waals surface area contributed by atoms with Crippen molar-refractivity contribution in [3.63, 3.8) is 0 Å². The maximum absolute atomic E-state index is 11.7. The molecule has 4 nitrogen and oxygen atoms in total. The van der Waals surface area contributed by atoms with Crippen LogP contribution in [0.5, 0.6) is 5.75 Å². The molecule has 0 bridgehead atoms. The van der Waals surface area contributed by atoms with Crippen LogP contribution in [0, 0.1) is 6.92 Å². The Morgan fingerprint density at radius 3 is 2.80 bits per heavy atom. The Hall–Kier alpha value is -1.62. The molecule has 0 unspecified atom stereocenters. The first-order valence-electron chi connectivity index (χ1n) is 4.45. The molecule has 0 heterocycles. The Balaban J connectivity index is 2.83. The summed E-state index contributed by atoms with van der Waals surface area (Å²) < 4.78 is 16.9. The van der Waals surface area contributed by atoms with E-state index in [0.29, 0.717) is 24.5 Å². The molecule has 1 aromatic rings. The second kappa shape index (κ2) is 5.31. The Labute approximate surface area is 86.7 Å². The number of aryl methyl sites for hydroxylation is 1. The van der Waals surface area contributed by atoms with E-state index in [2.05, 4.69) is 4.94 Å². The minimum Gasteiger partial charge on any atom is -0.492 e. The molecular formula is C10H12FNO3. The highest BCUT2D eigenvalue weighted by atomic mass is 19.3. The molecule has 1 rings (SSSR count). The number of nitrogens with two attached hydrogens (primary N) is 1. The summed E-state index contributed by atoms with van der Waals surface area (Å²) in [6.07, 6.45) is 0. The fourth-order valence-corrected chi connectivity index (χ4v) is 1.17. The van der Waals surface area contributed by atoms with Gasteiger partial charge in [0.05, 0.1) is 5.56 Å². The van der Waals surface area contributed by atoms with Crippen LogP contribution in [0.15, 0.2) is 18.2 Å². The van der Waals surface area contributed by atoms with Gasteiger partial charge in [-0.1, -0.05) is 0 Å². The van der Waals surface area contributed by atoms with Crippen molar-refractivity contribution in [1.82, 2.24) is 0 Å². The van der Waals surface area contributed by atoms with Crippen LogP contribution in [0.2, 0.25) is 0 Å². The summed E-state index contributed by atoms with van der Waals surface area (Å²) in [4.78, 5) is 14.0. The third-order valence-corrected chi connectivity index (χ3v) is 1.87. The van der Waals surface area contributed by atoms with Crippen LogP contribution >= 0.6 is 0 Å². The SMILES string of the molecule is Cc1cc(OCCN)ccc1C(=O)OF. The number of halogens is 1. The van der Waals surface area contributed by atoms with Crippen LogP contribution in [-0.2, 0) is 4.94 Å². The first-order valence-corrected chi connectivity index (χ1v) is 4.45. The van der Waals surface area contributed by atoms with Gasteiger partial charge in [-0.05, 0) is 30.7 Å². The lowest BCUT2D eigenvalue weighted by molar-refractivity contribution is -0.0788. The number of carbonyl (C=O) groups excluding carboxylic acids is 1. The Bertz CT molecular complexity index is 355. The molecule has 0 spiro atoms. The molecule has 15 heavy (non-hydrogen) atoms. The molecule has 0 saturated carbocycles. The van der Waals surface area contributed by atoms with Gasteiger partial charge in [-0.15, -0.1) is 0 Å². The summed E-state index contributed by atoms with van der Waals surface area (Å²) in [5, 5.41) is 0. The minimum absolute atomic E-state index is 0.178. The summed E-state index contributed by atoms with van der Waals surface area (Å²) >= 11 is 0. The van der Waals surface area contributed by atoms with Crippen molar-refractivity contribution in [1.29, 1.82) is 0 Å². The van der Waals surface area contributed by atoms with Crippen LogP contribution in [0.3, 0.4) is 0 Å². The highest BCUT2D eigenvalue weighted by Gasteiger charge is 2.11. The van der Waals surface area contributed by atoms with E-state index in [9.17, 15) is 9.32 Å². The number of ether oxygens (including phenoxy) is 1. The number of hydrogen-bond acceptors (Lipinski definition) is 4. The van der Waals surface area contributed by atoms with Crippen molar-refractivity contribution in [2.24, 2.45) is 5.73 Å². The molecular weight excluding hydrogens is 201 g/mol. The number of hydrogen-bond donors (Lipinski definition) is 1. The van der Waals surface area contributed by atoms with E-state index in [0.717, 1.165) is 0 Å². The van der Waals surface area contributed by atoms with Crippen molar-refractivity contribution in [2.45, 2.75) is 6.92 Å². The molecule has 0 aliphatic rings. The Morgan fingerprint density at radius 2 is 2.27 bits per heavy atom. The van der Waals surface area contributed by atoms with E-state index in [4.69, 9.17) is 10.5 Å². The monoisotopic (exact) mass is 213 g/mol. The zero-order valence-corrected chi connectivity index (χ0v) is 8.33. The third-order valence-electron chi connectivity index (χ3n) is 1.87. The van der Waals surface area contributed by atoms with Crippen molar-refractivity contribution in [3.8, 4) is 5.75 Å². The molecule has 0 saturated heterocycles. The first-order chi connectivity index (χ1) is 7.19. The van der Waals surface area contributed by atoms with Gasteiger partial charge in [0, 0.05) is 11.1 Å². The quantitative estimate of drug-likeness (QED) is 0.820. The molecule has 2 N–H and O–H groups in total. The molecule has 0 aliphatic heterocycles. The predicted octanol–water partition coefficient (Wildman–Crippen LogP) is 1.37. The molecule has 0 aromatic heterocycles. The normalized spacial score (nSPS) is 9.80. The Morgan fingerprint density at radius 1 is 1.53 bits per heavy atom. The van der Waals surface area contributed by atoms with Crippen molar-refractivity contribution in [3.05, 3.63) is 29.3 Å². The summed E-state index contributed by atoms with van der Waals surface area (Å²) in [6, 6.07) is 4.64. The minimum atomic E-state index is -1.00. The average Bonchev–Trinajstić information content (AvgIpc) is 2.25. The van der Waals surface area contributed by atoms with Gasteiger partial charge in [0.1, 0.15) is 12.4 Å². The number of benzene rings is 1. The van der Waals surface area contributed by atoms with Crippen LogP contribution in [0.25, 0.3) is 0 Å². The summed E-state index contributed by atoms with van der Waals surface area (Å²) in [6.45, 7) is 2.47. The highest BCUT2D eigenvalue weighted by Crippen LogP contribution is 2.18. The van der Waals surface area contributed by atoms with E-state index in [1.807, 2.05) is 0 Å². The largest absolute Gasteiger partial charge is 0.492 e. The fraction of sp³-hybridized carbons (Fsp3) is 0.300.